The van der Waals surface area contributed by atoms with Gasteiger partial charge in [0, 0.05) is 39.3 Å². The molecule has 0 bridgehead atoms. The maximum Gasteiger partial charge on any atom is 0.244 e. The lowest BCUT2D eigenvalue weighted by molar-refractivity contribution is -0.133. The van der Waals surface area contributed by atoms with Crippen molar-refractivity contribution in [2.75, 3.05) is 32.7 Å². The highest BCUT2D eigenvalue weighted by Crippen LogP contribution is 2.06. The van der Waals surface area contributed by atoms with Crippen molar-refractivity contribution in [3.05, 3.63) is 11.9 Å². The van der Waals surface area contributed by atoms with Crippen molar-refractivity contribution < 1.29 is 4.79 Å². The first kappa shape index (κ1) is 14.9. The van der Waals surface area contributed by atoms with E-state index in [1.165, 1.54) is 0 Å². The number of aromatic nitrogens is 3. The van der Waals surface area contributed by atoms with E-state index in [4.69, 9.17) is 5.73 Å². The van der Waals surface area contributed by atoms with E-state index in [0.29, 0.717) is 18.2 Å². The van der Waals surface area contributed by atoms with E-state index in [1.54, 1.807) is 10.9 Å². The molecule has 20 heavy (non-hydrogen) atoms. The normalized spacial score (nSPS) is 16.9. The minimum Gasteiger partial charge on any atom is -0.339 e. The smallest absolute Gasteiger partial charge is 0.244 e. The largest absolute Gasteiger partial charge is 0.339 e. The van der Waals surface area contributed by atoms with Gasteiger partial charge in [0.25, 0.3) is 0 Å². The third-order valence-electron chi connectivity index (χ3n) is 3.44. The third-order valence-corrected chi connectivity index (χ3v) is 3.44. The summed E-state index contributed by atoms with van der Waals surface area (Å²) in [6.07, 6.45) is 1.73. The first-order valence-electron chi connectivity index (χ1n) is 7.17. The molecule has 2 rings (SSSR count). The fraction of sp³-hybridized carbons (Fsp3) is 0.769. The SMILES string of the molecule is CC(C)CN1CCN(C(=O)Cn2cc(CN)nn2)CC1. The molecule has 1 aliphatic rings. The molecule has 1 fully saturated rings. The number of rotatable bonds is 5. The van der Waals surface area contributed by atoms with Gasteiger partial charge in [-0.05, 0) is 5.92 Å². The topological polar surface area (TPSA) is 80.3 Å². The quantitative estimate of drug-likeness (QED) is 0.789. The second-order valence-electron chi connectivity index (χ2n) is 5.69. The number of hydrogen-bond acceptors (Lipinski definition) is 5. The van der Waals surface area contributed by atoms with Gasteiger partial charge in [0.15, 0.2) is 0 Å². The van der Waals surface area contributed by atoms with Crippen molar-refractivity contribution in [2.24, 2.45) is 11.7 Å². The molecule has 7 heteroatoms. The molecule has 1 saturated heterocycles. The minimum absolute atomic E-state index is 0.0997. The standard InChI is InChI=1S/C13H24N6O/c1-11(2)8-17-3-5-18(6-4-17)13(20)10-19-9-12(7-14)15-16-19/h9,11H,3-8,10,14H2,1-2H3. The monoisotopic (exact) mass is 280 g/mol. The van der Waals surface area contributed by atoms with Gasteiger partial charge in [0.05, 0.1) is 11.9 Å². The first-order chi connectivity index (χ1) is 9.58. The van der Waals surface area contributed by atoms with Crippen LogP contribution in [0.1, 0.15) is 19.5 Å². The summed E-state index contributed by atoms with van der Waals surface area (Å²) in [7, 11) is 0. The molecule has 1 aliphatic heterocycles. The molecule has 1 aromatic heterocycles. The predicted molar refractivity (Wildman–Crippen MR) is 75.8 cm³/mol. The lowest BCUT2D eigenvalue weighted by atomic mass is 10.2. The summed E-state index contributed by atoms with van der Waals surface area (Å²) >= 11 is 0. The number of piperazine rings is 1. The van der Waals surface area contributed by atoms with Gasteiger partial charge in [0.2, 0.25) is 5.91 Å². The van der Waals surface area contributed by atoms with Gasteiger partial charge in [0.1, 0.15) is 6.54 Å². The molecule has 0 radical (unpaired) electrons. The number of hydrogen-bond donors (Lipinski definition) is 1. The van der Waals surface area contributed by atoms with Crippen molar-refractivity contribution >= 4 is 5.91 Å². The Morgan fingerprint density at radius 3 is 2.60 bits per heavy atom. The summed E-state index contributed by atoms with van der Waals surface area (Å²) in [5, 5.41) is 7.79. The van der Waals surface area contributed by atoms with Gasteiger partial charge in [-0.15, -0.1) is 5.10 Å². The van der Waals surface area contributed by atoms with Crippen LogP contribution in [0.3, 0.4) is 0 Å². The second kappa shape index (κ2) is 6.81. The molecule has 0 spiro atoms. The van der Waals surface area contributed by atoms with Crippen LogP contribution in [-0.2, 0) is 17.9 Å². The van der Waals surface area contributed by atoms with Crippen molar-refractivity contribution in [1.29, 1.82) is 0 Å². The van der Waals surface area contributed by atoms with Crippen LogP contribution < -0.4 is 5.73 Å². The molecule has 0 aromatic carbocycles. The molecular formula is C13H24N6O. The average molecular weight is 280 g/mol. The fourth-order valence-electron chi connectivity index (χ4n) is 2.44. The molecule has 112 valence electrons. The van der Waals surface area contributed by atoms with Gasteiger partial charge >= 0.3 is 0 Å². The third kappa shape index (κ3) is 4.01. The Morgan fingerprint density at radius 2 is 2.05 bits per heavy atom. The van der Waals surface area contributed by atoms with Crippen LogP contribution in [0.15, 0.2) is 6.20 Å². The molecule has 1 amide bonds. The Labute approximate surface area is 119 Å². The Balaban J connectivity index is 1.79. The molecule has 0 saturated carbocycles. The fourth-order valence-corrected chi connectivity index (χ4v) is 2.44. The number of nitrogens with zero attached hydrogens (tertiary/aromatic N) is 5. The van der Waals surface area contributed by atoms with Crippen LogP contribution in [0.2, 0.25) is 0 Å². The number of amides is 1. The van der Waals surface area contributed by atoms with Gasteiger partial charge in [-0.2, -0.15) is 0 Å². The summed E-state index contributed by atoms with van der Waals surface area (Å²) in [5.74, 6) is 0.768. The Morgan fingerprint density at radius 1 is 1.35 bits per heavy atom. The van der Waals surface area contributed by atoms with Gasteiger partial charge in [-0.3, -0.25) is 9.69 Å². The zero-order valence-electron chi connectivity index (χ0n) is 12.3. The van der Waals surface area contributed by atoms with E-state index >= 15 is 0 Å². The molecule has 0 atom stereocenters. The number of carbonyl (C=O) groups is 1. The number of nitrogens with two attached hydrogens (primary N) is 1. The Hall–Kier alpha value is -1.47. The van der Waals surface area contributed by atoms with Crippen molar-refractivity contribution in [3.8, 4) is 0 Å². The van der Waals surface area contributed by atoms with Gasteiger partial charge < -0.3 is 10.6 Å². The second-order valence-corrected chi connectivity index (χ2v) is 5.69. The molecule has 7 nitrogen and oxygen atoms in total. The maximum absolute atomic E-state index is 12.2. The van der Waals surface area contributed by atoms with Crippen LogP contribution in [-0.4, -0.2) is 63.4 Å². The summed E-state index contributed by atoms with van der Waals surface area (Å²) in [5.41, 5.74) is 6.18. The van der Waals surface area contributed by atoms with Crippen molar-refractivity contribution in [1.82, 2.24) is 24.8 Å². The maximum atomic E-state index is 12.2. The lowest BCUT2D eigenvalue weighted by Gasteiger charge is -2.35. The van der Waals surface area contributed by atoms with E-state index < -0.39 is 0 Å². The van der Waals surface area contributed by atoms with Gasteiger partial charge in [-0.25, -0.2) is 4.68 Å². The highest BCUT2D eigenvalue weighted by molar-refractivity contribution is 5.76. The van der Waals surface area contributed by atoms with E-state index in [2.05, 4.69) is 29.1 Å². The minimum atomic E-state index is 0.0997. The summed E-state index contributed by atoms with van der Waals surface area (Å²) in [6.45, 7) is 9.64. The van der Waals surface area contributed by atoms with E-state index in [-0.39, 0.29) is 12.5 Å². The molecule has 0 aliphatic carbocycles. The Bertz CT molecular complexity index is 436. The first-order valence-corrected chi connectivity index (χ1v) is 7.17. The van der Waals surface area contributed by atoms with E-state index in [9.17, 15) is 4.79 Å². The molecule has 2 N–H and O–H groups in total. The lowest BCUT2D eigenvalue weighted by Crippen LogP contribution is -2.50. The number of carbonyl (C=O) groups excluding carboxylic acids is 1. The van der Waals surface area contributed by atoms with Crippen molar-refractivity contribution in [3.63, 3.8) is 0 Å². The molecule has 2 heterocycles. The van der Waals surface area contributed by atoms with Crippen LogP contribution in [0.5, 0.6) is 0 Å². The summed E-state index contributed by atoms with van der Waals surface area (Å²) in [4.78, 5) is 16.5. The van der Waals surface area contributed by atoms with Crippen LogP contribution in [0.4, 0.5) is 0 Å². The predicted octanol–water partition coefficient (Wildman–Crippen LogP) is -0.463. The summed E-state index contributed by atoms with van der Waals surface area (Å²) in [6, 6.07) is 0. The Kier molecular flexibility index (Phi) is 5.08. The molecule has 0 unspecified atom stereocenters. The van der Waals surface area contributed by atoms with Crippen molar-refractivity contribution in [2.45, 2.75) is 26.9 Å². The van der Waals surface area contributed by atoms with Crippen LogP contribution in [0, 0.1) is 5.92 Å². The van der Waals surface area contributed by atoms with Crippen LogP contribution in [0.25, 0.3) is 0 Å². The highest BCUT2D eigenvalue weighted by Gasteiger charge is 2.21. The molecular weight excluding hydrogens is 256 g/mol. The van der Waals surface area contributed by atoms with Crippen LogP contribution >= 0.6 is 0 Å². The average Bonchev–Trinajstić information content (AvgIpc) is 2.86. The van der Waals surface area contributed by atoms with E-state index in [0.717, 1.165) is 32.7 Å². The van der Waals surface area contributed by atoms with Gasteiger partial charge in [-0.1, -0.05) is 19.1 Å². The summed E-state index contributed by atoms with van der Waals surface area (Å²) < 4.78 is 1.56. The zero-order valence-corrected chi connectivity index (χ0v) is 12.3. The zero-order chi connectivity index (χ0) is 14.5. The highest BCUT2D eigenvalue weighted by atomic mass is 16.2. The van der Waals surface area contributed by atoms with E-state index in [1.807, 2.05) is 4.90 Å². The molecule has 1 aromatic rings.